The number of fused-ring (bicyclic) bond motifs is 1. The molecule has 0 aliphatic rings. The summed E-state index contributed by atoms with van der Waals surface area (Å²) in [5, 5.41) is 7.88. The van der Waals surface area contributed by atoms with E-state index in [0.29, 0.717) is 12.2 Å². The third kappa shape index (κ3) is 4.76. The van der Waals surface area contributed by atoms with Gasteiger partial charge in [-0.05, 0) is 42.8 Å². The number of nitrogens with one attached hydrogen (secondary N) is 2. The van der Waals surface area contributed by atoms with Gasteiger partial charge in [0.1, 0.15) is 12.1 Å². The van der Waals surface area contributed by atoms with Crippen LogP contribution in [0.15, 0.2) is 53.3 Å². The molecular weight excluding hydrogens is 448 g/mol. The Morgan fingerprint density at radius 2 is 1.96 bits per heavy atom. The van der Waals surface area contributed by atoms with Crippen molar-refractivity contribution in [3.63, 3.8) is 0 Å². The summed E-state index contributed by atoms with van der Waals surface area (Å²) in [5.41, 5.74) is 2.46. The summed E-state index contributed by atoms with van der Waals surface area (Å²) in [6, 6.07) is 13.5. The third-order valence-corrected chi connectivity index (χ3v) is 4.60. The van der Waals surface area contributed by atoms with E-state index < -0.39 is 0 Å². The highest BCUT2D eigenvalue weighted by Crippen LogP contribution is 2.27. The minimum atomic E-state index is -0.00264. The molecule has 0 bridgehead atoms. The second-order valence-corrected chi connectivity index (χ2v) is 7.14. The highest BCUT2D eigenvalue weighted by molar-refractivity contribution is 9.10. The van der Waals surface area contributed by atoms with E-state index >= 15 is 0 Å². The Kier molecular flexibility index (Phi) is 5.99. The van der Waals surface area contributed by atoms with E-state index in [0.717, 1.165) is 38.5 Å². The molecule has 0 saturated heterocycles. The maximum atomic E-state index is 11.9. The van der Waals surface area contributed by atoms with Crippen LogP contribution in [0.5, 0.6) is 0 Å². The number of benzene rings is 2. The number of halogens is 2. The van der Waals surface area contributed by atoms with Crippen LogP contribution in [-0.2, 0) is 4.79 Å². The molecule has 7 heteroatoms. The average molecular weight is 464 g/mol. The Morgan fingerprint density at radius 1 is 1.08 bits per heavy atom. The fourth-order valence-electron chi connectivity index (χ4n) is 2.39. The minimum Gasteiger partial charge on any atom is -0.340 e. The van der Waals surface area contributed by atoms with Gasteiger partial charge in [-0.3, -0.25) is 4.79 Å². The summed E-state index contributed by atoms with van der Waals surface area (Å²) in [7, 11) is 0. The Balaban J connectivity index is 1.88. The van der Waals surface area contributed by atoms with Gasteiger partial charge in [-0.1, -0.05) is 37.9 Å². The van der Waals surface area contributed by atoms with Gasteiger partial charge in [0, 0.05) is 33.0 Å². The summed E-state index contributed by atoms with van der Waals surface area (Å²) in [6.45, 7) is 0. The van der Waals surface area contributed by atoms with Gasteiger partial charge >= 0.3 is 0 Å². The van der Waals surface area contributed by atoms with E-state index in [-0.39, 0.29) is 5.91 Å². The van der Waals surface area contributed by atoms with E-state index in [1.807, 2.05) is 42.5 Å². The van der Waals surface area contributed by atoms with Gasteiger partial charge in [-0.15, -0.1) is 0 Å². The van der Waals surface area contributed by atoms with Crippen LogP contribution in [-0.4, -0.2) is 21.2 Å². The van der Waals surface area contributed by atoms with Crippen molar-refractivity contribution in [2.75, 3.05) is 16.0 Å². The van der Waals surface area contributed by atoms with Crippen LogP contribution in [0.2, 0.25) is 0 Å². The summed E-state index contributed by atoms with van der Waals surface area (Å²) in [5.74, 6) is 0.691. The molecule has 0 atom stereocenters. The van der Waals surface area contributed by atoms with Crippen LogP contribution in [0.4, 0.5) is 17.2 Å². The fourth-order valence-corrected chi connectivity index (χ4v) is 3.07. The molecule has 3 aromatic rings. The van der Waals surface area contributed by atoms with Crippen molar-refractivity contribution in [2.45, 2.75) is 12.8 Å². The molecule has 1 amide bonds. The van der Waals surface area contributed by atoms with Crippen LogP contribution in [0, 0.1) is 0 Å². The second-order valence-electron chi connectivity index (χ2n) is 5.43. The Morgan fingerprint density at radius 3 is 2.76 bits per heavy atom. The van der Waals surface area contributed by atoms with Gasteiger partial charge in [-0.25, -0.2) is 9.97 Å². The summed E-state index contributed by atoms with van der Waals surface area (Å²) in [4.78, 5) is 20.6. The van der Waals surface area contributed by atoms with Gasteiger partial charge in [0.15, 0.2) is 0 Å². The number of aromatic nitrogens is 2. The third-order valence-electron chi connectivity index (χ3n) is 3.54. The van der Waals surface area contributed by atoms with E-state index in [4.69, 9.17) is 0 Å². The predicted octanol–water partition coefficient (Wildman–Crippen LogP) is 5.25. The van der Waals surface area contributed by atoms with Crippen molar-refractivity contribution in [2.24, 2.45) is 0 Å². The van der Waals surface area contributed by atoms with Crippen LogP contribution < -0.4 is 10.6 Å². The summed E-state index contributed by atoms with van der Waals surface area (Å²) >= 11 is 6.79. The largest absolute Gasteiger partial charge is 0.340 e. The van der Waals surface area contributed by atoms with Gasteiger partial charge in [0.2, 0.25) is 5.91 Å². The number of carbonyl (C=O) groups is 1. The van der Waals surface area contributed by atoms with Crippen LogP contribution in [0.3, 0.4) is 0 Å². The van der Waals surface area contributed by atoms with Gasteiger partial charge < -0.3 is 10.6 Å². The number of amides is 1. The topological polar surface area (TPSA) is 66.9 Å². The molecule has 0 unspecified atom stereocenters. The molecule has 1 heterocycles. The van der Waals surface area contributed by atoms with Crippen molar-refractivity contribution >= 4 is 65.9 Å². The zero-order valence-electron chi connectivity index (χ0n) is 13.3. The average Bonchev–Trinajstić information content (AvgIpc) is 2.60. The van der Waals surface area contributed by atoms with Gasteiger partial charge in [0.05, 0.1) is 5.52 Å². The normalized spacial score (nSPS) is 10.6. The van der Waals surface area contributed by atoms with Crippen LogP contribution in [0.25, 0.3) is 10.9 Å². The van der Waals surface area contributed by atoms with Crippen LogP contribution >= 0.6 is 31.9 Å². The highest BCUT2D eigenvalue weighted by Gasteiger charge is 2.08. The number of rotatable bonds is 6. The molecule has 0 aliphatic heterocycles. The molecule has 0 aliphatic carbocycles. The first-order chi connectivity index (χ1) is 12.2. The first-order valence-corrected chi connectivity index (χ1v) is 9.70. The number of alkyl halides is 1. The maximum Gasteiger partial charge on any atom is 0.224 e. The molecule has 0 saturated carbocycles. The summed E-state index contributed by atoms with van der Waals surface area (Å²) < 4.78 is 0.982. The predicted molar refractivity (Wildman–Crippen MR) is 109 cm³/mol. The SMILES string of the molecule is O=C(CCCBr)Nc1ccc2ncnc(Nc3cccc(Br)c3)c2c1. The Labute approximate surface area is 162 Å². The first kappa shape index (κ1) is 17.8. The van der Waals surface area contributed by atoms with Gasteiger partial charge in [0.25, 0.3) is 0 Å². The molecule has 0 radical (unpaired) electrons. The smallest absolute Gasteiger partial charge is 0.224 e. The van der Waals surface area contributed by atoms with Crippen molar-refractivity contribution in [3.8, 4) is 0 Å². The lowest BCUT2D eigenvalue weighted by Gasteiger charge is -2.10. The second kappa shape index (κ2) is 8.40. The van der Waals surface area contributed by atoms with Crippen molar-refractivity contribution in [3.05, 3.63) is 53.3 Å². The van der Waals surface area contributed by atoms with Crippen molar-refractivity contribution in [1.82, 2.24) is 9.97 Å². The van der Waals surface area contributed by atoms with Crippen LogP contribution in [0.1, 0.15) is 12.8 Å². The highest BCUT2D eigenvalue weighted by atomic mass is 79.9. The molecule has 3 rings (SSSR count). The molecular formula is C18H16Br2N4O. The number of anilines is 3. The van der Waals surface area contributed by atoms with Crippen molar-refractivity contribution < 1.29 is 4.79 Å². The Hall–Kier alpha value is -1.99. The quantitative estimate of drug-likeness (QED) is 0.490. The van der Waals surface area contributed by atoms with E-state index in [1.54, 1.807) is 0 Å². The summed E-state index contributed by atoms with van der Waals surface area (Å²) in [6.07, 6.45) is 2.81. The minimum absolute atomic E-state index is 0.00264. The Bertz CT molecular complexity index is 901. The standard InChI is InChI=1S/C18H16Br2N4O/c19-8-2-5-17(25)23-14-6-7-16-15(10-14)18(22-11-21-16)24-13-4-1-3-12(20)9-13/h1,3-4,6-7,9-11H,2,5,8H2,(H,23,25)(H,21,22,24). The number of hydrogen-bond acceptors (Lipinski definition) is 4. The van der Waals surface area contributed by atoms with Gasteiger partial charge in [-0.2, -0.15) is 0 Å². The molecule has 2 aromatic carbocycles. The lowest BCUT2D eigenvalue weighted by Crippen LogP contribution is -2.11. The molecule has 5 nitrogen and oxygen atoms in total. The maximum absolute atomic E-state index is 11.9. The number of hydrogen-bond donors (Lipinski definition) is 2. The molecule has 128 valence electrons. The van der Waals surface area contributed by atoms with E-state index in [9.17, 15) is 4.79 Å². The molecule has 0 fully saturated rings. The number of carbonyl (C=O) groups excluding carboxylic acids is 1. The van der Waals surface area contributed by atoms with E-state index in [1.165, 1.54) is 6.33 Å². The molecule has 1 aromatic heterocycles. The first-order valence-electron chi connectivity index (χ1n) is 7.79. The lowest BCUT2D eigenvalue weighted by atomic mass is 10.2. The zero-order valence-corrected chi connectivity index (χ0v) is 16.5. The zero-order chi connectivity index (χ0) is 17.6. The lowest BCUT2D eigenvalue weighted by molar-refractivity contribution is -0.116. The monoisotopic (exact) mass is 462 g/mol. The van der Waals surface area contributed by atoms with E-state index in [2.05, 4.69) is 52.5 Å². The van der Waals surface area contributed by atoms with Crippen molar-refractivity contribution in [1.29, 1.82) is 0 Å². The number of nitrogens with zero attached hydrogens (tertiary/aromatic N) is 2. The molecule has 0 spiro atoms. The molecule has 2 N–H and O–H groups in total. The molecule has 25 heavy (non-hydrogen) atoms. The fraction of sp³-hybridized carbons (Fsp3) is 0.167.